The first-order valence-electron chi connectivity index (χ1n) is 4.35. The monoisotopic (exact) mass is 226 g/mol. The van der Waals surface area contributed by atoms with E-state index in [1.165, 1.54) is 6.92 Å². The van der Waals surface area contributed by atoms with Crippen molar-refractivity contribution in [3.05, 3.63) is 28.6 Å². The first-order chi connectivity index (χ1) is 7.47. The Hall–Kier alpha value is -2.03. The van der Waals surface area contributed by atoms with Crippen molar-refractivity contribution in [3.63, 3.8) is 0 Å². The van der Waals surface area contributed by atoms with Gasteiger partial charge in [-0.05, 0) is 12.5 Å². The van der Waals surface area contributed by atoms with Gasteiger partial charge in [0.05, 0.1) is 17.7 Å². The largest absolute Gasteiger partial charge is 0.481 e. The molecule has 1 heterocycles. The van der Waals surface area contributed by atoms with E-state index in [1.807, 2.05) is 0 Å². The lowest BCUT2D eigenvalue weighted by Gasteiger charge is -2.08. The van der Waals surface area contributed by atoms with Crippen LogP contribution in [-0.4, -0.2) is 16.1 Å². The maximum atomic E-state index is 12.5. The van der Waals surface area contributed by atoms with Gasteiger partial charge in [-0.3, -0.25) is 9.78 Å². The van der Waals surface area contributed by atoms with Crippen molar-refractivity contribution in [2.75, 3.05) is 0 Å². The molecule has 0 saturated heterocycles. The van der Waals surface area contributed by atoms with E-state index < -0.39 is 18.8 Å². The Morgan fingerprint density at radius 1 is 1.69 bits per heavy atom. The van der Waals surface area contributed by atoms with Crippen LogP contribution in [0.1, 0.15) is 28.8 Å². The zero-order chi connectivity index (χ0) is 12.3. The van der Waals surface area contributed by atoms with Gasteiger partial charge in [-0.2, -0.15) is 5.26 Å². The molecule has 0 radical (unpaired) electrons. The molecular weight excluding hydrogens is 218 g/mol. The van der Waals surface area contributed by atoms with Crippen LogP contribution in [0.2, 0.25) is 0 Å². The quantitative estimate of drug-likeness (QED) is 0.853. The molecule has 0 saturated carbocycles. The Kier molecular flexibility index (Phi) is 3.51. The standard InChI is InChI=1S/C10H8F2N2O2/c1-5-6(3-13)8(2-9(15)16)14-4-7(5)10(11)12/h4,10H,2H2,1H3,(H,15,16). The molecule has 0 spiro atoms. The molecule has 0 aliphatic rings. The van der Waals surface area contributed by atoms with Gasteiger partial charge in [0.25, 0.3) is 6.43 Å². The highest BCUT2D eigenvalue weighted by molar-refractivity contribution is 5.71. The average molecular weight is 226 g/mol. The number of nitriles is 1. The molecule has 16 heavy (non-hydrogen) atoms. The third kappa shape index (κ3) is 2.31. The second kappa shape index (κ2) is 4.66. The number of rotatable bonds is 3. The first kappa shape index (κ1) is 12.0. The van der Waals surface area contributed by atoms with E-state index in [9.17, 15) is 13.6 Å². The number of hydrogen-bond donors (Lipinski definition) is 1. The van der Waals surface area contributed by atoms with Crippen molar-refractivity contribution >= 4 is 5.97 Å². The van der Waals surface area contributed by atoms with E-state index in [0.29, 0.717) is 0 Å². The summed E-state index contributed by atoms with van der Waals surface area (Å²) in [5, 5.41) is 17.3. The van der Waals surface area contributed by atoms with Crippen LogP contribution in [0, 0.1) is 18.3 Å². The molecule has 0 aliphatic carbocycles. The number of hydrogen-bond acceptors (Lipinski definition) is 3. The molecule has 84 valence electrons. The van der Waals surface area contributed by atoms with Gasteiger partial charge < -0.3 is 5.11 Å². The Morgan fingerprint density at radius 3 is 2.75 bits per heavy atom. The predicted molar refractivity (Wildman–Crippen MR) is 50.0 cm³/mol. The Morgan fingerprint density at radius 2 is 2.31 bits per heavy atom. The van der Waals surface area contributed by atoms with Crippen LogP contribution in [0.4, 0.5) is 8.78 Å². The third-order valence-corrected chi connectivity index (χ3v) is 2.12. The topological polar surface area (TPSA) is 74.0 Å². The number of aromatic nitrogens is 1. The average Bonchev–Trinajstić information content (AvgIpc) is 2.16. The lowest BCUT2D eigenvalue weighted by molar-refractivity contribution is -0.136. The second-order valence-corrected chi connectivity index (χ2v) is 3.14. The molecule has 1 aromatic rings. The number of halogens is 2. The van der Waals surface area contributed by atoms with Gasteiger partial charge >= 0.3 is 5.97 Å². The molecule has 1 aromatic heterocycles. The van der Waals surface area contributed by atoms with E-state index >= 15 is 0 Å². The SMILES string of the molecule is Cc1c(C(F)F)cnc(CC(=O)O)c1C#N. The van der Waals surface area contributed by atoms with Crippen molar-refractivity contribution < 1.29 is 18.7 Å². The fourth-order valence-corrected chi connectivity index (χ4v) is 1.32. The summed E-state index contributed by atoms with van der Waals surface area (Å²) < 4.78 is 24.9. The Bertz CT molecular complexity index is 467. The van der Waals surface area contributed by atoms with Crippen molar-refractivity contribution in [1.82, 2.24) is 4.98 Å². The summed E-state index contributed by atoms with van der Waals surface area (Å²) >= 11 is 0. The zero-order valence-corrected chi connectivity index (χ0v) is 8.37. The number of aliphatic carboxylic acids is 1. The van der Waals surface area contributed by atoms with Crippen LogP contribution < -0.4 is 0 Å². The predicted octanol–water partition coefficient (Wildman–Crippen LogP) is 1.83. The molecule has 0 aromatic carbocycles. The van der Waals surface area contributed by atoms with Gasteiger partial charge in [-0.25, -0.2) is 8.78 Å². The number of nitrogens with zero attached hydrogens (tertiary/aromatic N) is 2. The highest BCUT2D eigenvalue weighted by atomic mass is 19.3. The minimum atomic E-state index is -2.72. The zero-order valence-electron chi connectivity index (χ0n) is 8.37. The molecule has 0 unspecified atom stereocenters. The summed E-state index contributed by atoms with van der Waals surface area (Å²) in [6.07, 6.45) is -2.26. The minimum absolute atomic E-state index is 0.0110. The lowest BCUT2D eigenvalue weighted by Crippen LogP contribution is -2.08. The maximum absolute atomic E-state index is 12.5. The van der Waals surface area contributed by atoms with Crippen LogP contribution in [-0.2, 0) is 11.2 Å². The summed E-state index contributed by atoms with van der Waals surface area (Å²) in [6, 6.07) is 1.71. The maximum Gasteiger partial charge on any atom is 0.309 e. The molecule has 0 aliphatic heterocycles. The molecule has 0 amide bonds. The van der Waals surface area contributed by atoms with E-state index in [1.54, 1.807) is 6.07 Å². The number of carbonyl (C=O) groups is 1. The molecule has 1 rings (SSSR count). The van der Waals surface area contributed by atoms with Crippen LogP contribution in [0.5, 0.6) is 0 Å². The molecule has 4 nitrogen and oxygen atoms in total. The van der Waals surface area contributed by atoms with Gasteiger partial charge in [0, 0.05) is 11.8 Å². The molecule has 1 N–H and O–H groups in total. The third-order valence-electron chi connectivity index (χ3n) is 2.12. The molecular formula is C10H8F2N2O2. The molecule has 0 bridgehead atoms. The lowest BCUT2D eigenvalue weighted by atomic mass is 10.0. The Balaban J connectivity index is 3.31. The van der Waals surface area contributed by atoms with Crippen molar-refractivity contribution in [1.29, 1.82) is 5.26 Å². The molecule has 0 fully saturated rings. The van der Waals surface area contributed by atoms with E-state index in [4.69, 9.17) is 10.4 Å². The van der Waals surface area contributed by atoms with Crippen LogP contribution in [0.25, 0.3) is 0 Å². The fourth-order valence-electron chi connectivity index (χ4n) is 1.32. The summed E-state index contributed by atoms with van der Waals surface area (Å²) in [7, 11) is 0. The van der Waals surface area contributed by atoms with E-state index in [0.717, 1.165) is 6.20 Å². The summed E-state index contributed by atoms with van der Waals surface area (Å²) in [6.45, 7) is 1.35. The normalized spacial score (nSPS) is 10.2. The Labute approximate surface area is 90.2 Å². The minimum Gasteiger partial charge on any atom is -0.481 e. The van der Waals surface area contributed by atoms with Gasteiger partial charge in [-0.15, -0.1) is 0 Å². The highest BCUT2D eigenvalue weighted by Gasteiger charge is 2.18. The van der Waals surface area contributed by atoms with Crippen molar-refractivity contribution in [2.45, 2.75) is 19.8 Å². The van der Waals surface area contributed by atoms with E-state index in [-0.39, 0.29) is 22.4 Å². The molecule has 6 heteroatoms. The molecule has 0 atom stereocenters. The summed E-state index contributed by atoms with van der Waals surface area (Å²) in [5.41, 5.74) is -0.327. The number of alkyl halides is 2. The van der Waals surface area contributed by atoms with Crippen molar-refractivity contribution in [3.8, 4) is 6.07 Å². The summed E-state index contributed by atoms with van der Waals surface area (Å²) in [5.74, 6) is -1.16. The highest BCUT2D eigenvalue weighted by Crippen LogP contribution is 2.25. The van der Waals surface area contributed by atoms with Crippen molar-refractivity contribution in [2.24, 2.45) is 0 Å². The number of carboxylic acids is 1. The van der Waals surface area contributed by atoms with Crippen LogP contribution in [0.15, 0.2) is 6.20 Å². The van der Waals surface area contributed by atoms with Gasteiger partial charge in [0.2, 0.25) is 0 Å². The van der Waals surface area contributed by atoms with Gasteiger partial charge in [0.1, 0.15) is 6.07 Å². The summed E-state index contributed by atoms with van der Waals surface area (Å²) in [4.78, 5) is 14.1. The second-order valence-electron chi connectivity index (χ2n) is 3.14. The van der Waals surface area contributed by atoms with Crippen LogP contribution >= 0.6 is 0 Å². The van der Waals surface area contributed by atoms with E-state index in [2.05, 4.69) is 4.98 Å². The van der Waals surface area contributed by atoms with Gasteiger partial charge in [0.15, 0.2) is 0 Å². The first-order valence-corrected chi connectivity index (χ1v) is 4.35. The van der Waals surface area contributed by atoms with Crippen LogP contribution in [0.3, 0.4) is 0 Å². The van der Waals surface area contributed by atoms with Gasteiger partial charge in [-0.1, -0.05) is 0 Å². The number of carboxylic acid groups (broad SMARTS) is 1. The fraction of sp³-hybridized carbons (Fsp3) is 0.300. The number of pyridine rings is 1. The smallest absolute Gasteiger partial charge is 0.309 e.